The lowest BCUT2D eigenvalue weighted by Crippen LogP contribution is -2.31. The normalized spacial score (nSPS) is 14.5. The van der Waals surface area contributed by atoms with Gasteiger partial charge in [0, 0.05) is 18.5 Å². The lowest BCUT2D eigenvalue weighted by molar-refractivity contribution is 0.102. The van der Waals surface area contributed by atoms with Crippen LogP contribution in [0.4, 0.5) is 5.82 Å². The second kappa shape index (κ2) is 7.85. The molecule has 3 aromatic heterocycles. The number of carbonyl (C=O) groups is 1. The second-order valence-corrected chi connectivity index (χ2v) is 8.10. The van der Waals surface area contributed by atoms with Crippen LogP contribution < -0.4 is 10.9 Å². The molecular formula is C22H26N6O2. The van der Waals surface area contributed by atoms with Gasteiger partial charge in [-0.3, -0.25) is 19.6 Å². The van der Waals surface area contributed by atoms with Crippen LogP contribution >= 0.6 is 0 Å². The molecule has 0 aliphatic heterocycles. The maximum absolute atomic E-state index is 13.1. The minimum atomic E-state index is -0.425. The number of rotatable bonds is 6. The molecule has 156 valence electrons. The zero-order chi connectivity index (χ0) is 21.4. The second-order valence-electron chi connectivity index (χ2n) is 8.10. The molecule has 30 heavy (non-hydrogen) atoms. The van der Waals surface area contributed by atoms with E-state index >= 15 is 0 Å². The summed E-state index contributed by atoms with van der Waals surface area (Å²) in [6.07, 6.45) is 7.34. The summed E-state index contributed by atoms with van der Waals surface area (Å²) in [6.45, 7) is 7.89. The fourth-order valence-corrected chi connectivity index (χ4v) is 3.62. The number of aromatic nitrogens is 5. The predicted octanol–water partition coefficient (Wildman–Crippen LogP) is 3.03. The Morgan fingerprint density at radius 2 is 1.97 bits per heavy atom. The Balaban J connectivity index is 1.61. The molecule has 0 spiro atoms. The van der Waals surface area contributed by atoms with Crippen LogP contribution in [0.5, 0.6) is 0 Å². The summed E-state index contributed by atoms with van der Waals surface area (Å²) in [7, 11) is 0. The molecule has 1 unspecified atom stereocenters. The van der Waals surface area contributed by atoms with E-state index in [4.69, 9.17) is 0 Å². The Labute approximate surface area is 175 Å². The Bertz CT molecular complexity index is 1140. The highest BCUT2D eigenvalue weighted by Crippen LogP contribution is 2.40. The first-order valence-electron chi connectivity index (χ1n) is 10.2. The lowest BCUT2D eigenvalue weighted by Gasteiger charge is -2.16. The molecule has 3 heterocycles. The number of hydrogen-bond acceptors (Lipinski definition) is 5. The average Bonchev–Trinajstić information content (AvgIpc) is 3.49. The van der Waals surface area contributed by atoms with E-state index in [2.05, 4.69) is 27.3 Å². The summed E-state index contributed by atoms with van der Waals surface area (Å²) in [4.78, 5) is 34.7. The quantitative estimate of drug-likeness (QED) is 0.679. The van der Waals surface area contributed by atoms with E-state index < -0.39 is 5.91 Å². The number of carbonyl (C=O) groups excluding carboxylic acids is 1. The monoisotopic (exact) mass is 406 g/mol. The molecule has 0 radical (unpaired) electrons. The van der Waals surface area contributed by atoms with Crippen molar-refractivity contribution < 1.29 is 4.79 Å². The van der Waals surface area contributed by atoms with Gasteiger partial charge in [-0.1, -0.05) is 0 Å². The van der Waals surface area contributed by atoms with E-state index in [1.54, 1.807) is 31.6 Å². The lowest BCUT2D eigenvalue weighted by atomic mass is 10.1. The minimum Gasteiger partial charge on any atom is -0.309 e. The van der Waals surface area contributed by atoms with Crippen molar-refractivity contribution in [2.24, 2.45) is 5.92 Å². The topological polar surface area (TPSA) is 94.7 Å². The summed E-state index contributed by atoms with van der Waals surface area (Å²) in [5.74, 6) is 0.785. The van der Waals surface area contributed by atoms with Gasteiger partial charge >= 0.3 is 0 Å². The van der Waals surface area contributed by atoms with E-state index in [1.165, 1.54) is 17.4 Å². The zero-order valence-corrected chi connectivity index (χ0v) is 17.7. The third-order valence-corrected chi connectivity index (χ3v) is 5.56. The number of amides is 1. The number of nitrogens with one attached hydrogen (secondary N) is 1. The molecule has 1 saturated carbocycles. The van der Waals surface area contributed by atoms with Gasteiger partial charge in [-0.2, -0.15) is 5.10 Å². The summed E-state index contributed by atoms with van der Waals surface area (Å²) in [6, 6.07) is 3.82. The van der Waals surface area contributed by atoms with E-state index in [1.807, 2.05) is 24.6 Å². The van der Waals surface area contributed by atoms with Crippen LogP contribution in [-0.4, -0.2) is 30.2 Å². The molecule has 0 aromatic carbocycles. The van der Waals surface area contributed by atoms with Gasteiger partial charge in [0.05, 0.1) is 35.9 Å². The first kappa shape index (κ1) is 20.0. The molecule has 1 aliphatic rings. The molecule has 8 nitrogen and oxygen atoms in total. The predicted molar refractivity (Wildman–Crippen MR) is 114 cm³/mol. The smallest absolute Gasteiger partial charge is 0.264 e. The fourth-order valence-electron chi connectivity index (χ4n) is 3.62. The molecular weight excluding hydrogens is 380 g/mol. The first-order valence-corrected chi connectivity index (χ1v) is 10.2. The van der Waals surface area contributed by atoms with Crippen LogP contribution in [0.1, 0.15) is 58.8 Å². The van der Waals surface area contributed by atoms with Crippen molar-refractivity contribution in [1.29, 1.82) is 0 Å². The molecule has 0 bridgehead atoms. The van der Waals surface area contributed by atoms with Crippen molar-refractivity contribution in [2.45, 2.75) is 53.1 Å². The molecule has 1 atom stereocenters. The van der Waals surface area contributed by atoms with Gasteiger partial charge in [0.1, 0.15) is 11.4 Å². The Hall–Kier alpha value is -3.29. The van der Waals surface area contributed by atoms with Crippen molar-refractivity contribution in [1.82, 2.24) is 24.3 Å². The number of hydrogen-bond donors (Lipinski definition) is 1. The van der Waals surface area contributed by atoms with Crippen LogP contribution in [0.2, 0.25) is 0 Å². The van der Waals surface area contributed by atoms with E-state index in [0.717, 1.165) is 11.4 Å². The molecule has 1 N–H and O–H groups in total. The van der Waals surface area contributed by atoms with Crippen LogP contribution in [0.15, 0.2) is 35.5 Å². The fraction of sp³-hybridized carbons (Fsp3) is 0.409. The third kappa shape index (κ3) is 4.03. The van der Waals surface area contributed by atoms with Gasteiger partial charge in [-0.15, -0.1) is 0 Å². The third-order valence-electron chi connectivity index (χ3n) is 5.56. The standard InChI is InChI=1S/C22H26N6O2/c1-13-7-8-27(12-18-11-23-15(3)10-24-18)22(30)20(13)21(29)25-19-9-14(2)26-28(19)16(4)17-5-6-17/h7-11,16-17H,5-6,12H2,1-4H3,(H,25,29). The van der Waals surface area contributed by atoms with Crippen molar-refractivity contribution in [2.75, 3.05) is 5.32 Å². The summed E-state index contributed by atoms with van der Waals surface area (Å²) < 4.78 is 3.35. The molecule has 1 amide bonds. The number of nitrogens with zero attached hydrogens (tertiary/aromatic N) is 5. The van der Waals surface area contributed by atoms with Crippen LogP contribution in [0.25, 0.3) is 0 Å². The van der Waals surface area contributed by atoms with Gasteiger partial charge in [-0.05, 0) is 58.1 Å². The summed E-state index contributed by atoms with van der Waals surface area (Å²) in [5.41, 5.74) is 2.70. The highest BCUT2D eigenvalue weighted by atomic mass is 16.2. The zero-order valence-electron chi connectivity index (χ0n) is 17.7. The molecule has 3 aromatic rings. The minimum absolute atomic E-state index is 0.127. The van der Waals surface area contributed by atoms with E-state index in [9.17, 15) is 9.59 Å². The highest BCUT2D eigenvalue weighted by molar-refractivity contribution is 6.04. The van der Waals surface area contributed by atoms with Crippen LogP contribution in [0.3, 0.4) is 0 Å². The number of anilines is 1. The van der Waals surface area contributed by atoms with Crippen molar-refractivity contribution >= 4 is 11.7 Å². The number of pyridine rings is 1. The van der Waals surface area contributed by atoms with Crippen molar-refractivity contribution in [3.05, 3.63) is 69.3 Å². The maximum atomic E-state index is 13.1. The van der Waals surface area contributed by atoms with Gasteiger partial charge in [-0.25, -0.2) is 4.68 Å². The molecule has 4 rings (SSSR count). The van der Waals surface area contributed by atoms with Gasteiger partial charge in [0.25, 0.3) is 11.5 Å². The Kier molecular flexibility index (Phi) is 5.24. The van der Waals surface area contributed by atoms with E-state index in [0.29, 0.717) is 23.0 Å². The number of aryl methyl sites for hydroxylation is 3. The molecule has 0 saturated heterocycles. The summed E-state index contributed by atoms with van der Waals surface area (Å²) in [5, 5.41) is 7.46. The van der Waals surface area contributed by atoms with Crippen molar-refractivity contribution in [3.8, 4) is 0 Å². The Morgan fingerprint density at radius 1 is 1.20 bits per heavy atom. The van der Waals surface area contributed by atoms with Crippen molar-refractivity contribution in [3.63, 3.8) is 0 Å². The maximum Gasteiger partial charge on any atom is 0.264 e. The molecule has 1 aliphatic carbocycles. The van der Waals surface area contributed by atoms with Gasteiger partial charge in [0.2, 0.25) is 0 Å². The van der Waals surface area contributed by atoms with Gasteiger partial charge in [0.15, 0.2) is 0 Å². The highest BCUT2D eigenvalue weighted by Gasteiger charge is 2.31. The summed E-state index contributed by atoms with van der Waals surface area (Å²) >= 11 is 0. The first-order chi connectivity index (χ1) is 14.3. The van der Waals surface area contributed by atoms with Crippen LogP contribution in [-0.2, 0) is 6.54 Å². The van der Waals surface area contributed by atoms with Crippen LogP contribution in [0, 0.1) is 26.7 Å². The molecule has 1 fully saturated rings. The Morgan fingerprint density at radius 3 is 2.63 bits per heavy atom. The molecule has 8 heteroatoms. The van der Waals surface area contributed by atoms with Gasteiger partial charge < -0.3 is 9.88 Å². The van der Waals surface area contributed by atoms with E-state index in [-0.39, 0.29) is 23.7 Å². The SMILES string of the molecule is Cc1cnc(Cn2ccc(C)c(C(=O)Nc3cc(C)nn3C(C)C3CC3)c2=O)cn1. The largest absolute Gasteiger partial charge is 0.309 e. The average molecular weight is 406 g/mol.